The van der Waals surface area contributed by atoms with Crippen molar-refractivity contribution in [3.8, 4) is 23.0 Å². The average molecular weight is 609 g/mol. The fourth-order valence-electron chi connectivity index (χ4n) is 7.10. The van der Waals surface area contributed by atoms with E-state index < -0.39 is 41.9 Å². The molecule has 0 bridgehead atoms. The zero-order valence-electron chi connectivity index (χ0n) is 25.6. The Morgan fingerprint density at radius 1 is 0.886 bits per heavy atom. The van der Waals surface area contributed by atoms with Gasteiger partial charge < -0.3 is 48.1 Å². The van der Waals surface area contributed by atoms with Crippen LogP contribution in [0, 0.1) is 0 Å². The van der Waals surface area contributed by atoms with E-state index in [2.05, 4.69) is 6.92 Å². The summed E-state index contributed by atoms with van der Waals surface area (Å²) in [6.07, 6.45) is -2.23. The molecule has 2 N–H and O–H groups in total. The normalized spacial score (nSPS) is 32.4. The lowest BCUT2D eigenvalue weighted by molar-refractivity contribution is -0.313. The number of fused-ring (bicyclic) bond motifs is 3. The average Bonchev–Trinajstić information content (AvgIpc) is 3.43. The Bertz CT molecular complexity index is 1430. The van der Waals surface area contributed by atoms with Gasteiger partial charge in [0.05, 0.1) is 44.5 Å². The third kappa shape index (κ3) is 4.63. The first-order chi connectivity index (χ1) is 21.4. The molecule has 2 fully saturated rings. The summed E-state index contributed by atoms with van der Waals surface area (Å²) in [7, 11) is 6.14. The monoisotopic (exact) mass is 608 g/mol. The van der Waals surface area contributed by atoms with Gasteiger partial charge in [-0.05, 0) is 29.7 Å². The molecule has 2 heterocycles. The number of aliphatic hydroxyl groups excluding tert-OH is 1. The minimum Gasteiger partial charge on any atom is -0.497 e. The largest absolute Gasteiger partial charge is 0.497 e. The molecule has 44 heavy (non-hydrogen) atoms. The van der Waals surface area contributed by atoms with E-state index >= 15 is 0 Å². The maximum absolute atomic E-state index is 12.9. The third-order valence-corrected chi connectivity index (χ3v) is 9.02. The van der Waals surface area contributed by atoms with Gasteiger partial charge in [0.25, 0.3) is 6.29 Å². The van der Waals surface area contributed by atoms with Crippen LogP contribution >= 0.6 is 0 Å². The molecule has 3 aliphatic rings. The second-order valence-corrected chi connectivity index (χ2v) is 11.3. The molecule has 8 atom stereocenters. The first-order valence-corrected chi connectivity index (χ1v) is 14.9. The Balaban J connectivity index is 1.50. The standard InChI is InChI=1S/C34H40O10/c1-6-10-23-19-41-31(40-5)32(42-23)43-24-17-25(38-3)28-26(18-24)44-34(21-13-15-22(37-2)16-14-21)27(20-11-8-7-9-12-20)29(39-4)30(35)33(28,34)36/h7-9,11-18,23,27,29-32,35-36H,6,10,19H2,1-5H3/t23-,27+,29+,30+,31+,32-,33-,34-/m0/s1. The predicted molar refractivity (Wildman–Crippen MR) is 159 cm³/mol. The molecule has 0 unspecified atom stereocenters. The fraction of sp³-hybridized carbons (Fsp3) is 0.471. The summed E-state index contributed by atoms with van der Waals surface area (Å²) < 4.78 is 48.0. The minimum absolute atomic E-state index is 0.143. The van der Waals surface area contributed by atoms with Crippen molar-refractivity contribution in [2.45, 2.75) is 67.8 Å². The second-order valence-electron chi connectivity index (χ2n) is 11.3. The van der Waals surface area contributed by atoms with Gasteiger partial charge in [-0.1, -0.05) is 55.8 Å². The highest BCUT2D eigenvalue weighted by Crippen LogP contribution is 2.69. The lowest BCUT2D eigenvalue weighted by atomic mass is 9.71. The summed E-state index contributed by atoms with van der Waals surface area (Å²) in [6.45, 7) is 2.48. The Morgan fingerprint density at radius 2 is 1.64 bits per heavy atom. The van der Waals surface area contributed by atoms with Crippen molar-refractivity contribution >= 4 is 0 Å². The quantitative estimate of drug-likeness (QED) is 0.346. The van der Waals surface area contributed by atoms with Crippen molar-refractivity contribution in [2.75, 3.05) is 35.0 Å². The third-order valence-electron chi connectivity index (χ3n) is 9.02. The number of benzene rings is 3. The van der Waals surface area contributed by atoms with Crippen LogP contribution in [-0.2, 0) is 30.1 Å². The Labute approximate surface area is 257 Å². The van der Waals surface area contributed by atoms with Crippen molar-refractivity contribution in [1.29, 1.82) is 0 Å². The number of methoxy groups -OCH3 is 4. The maximum Gasteiger partial charge on any atom is 0.251 e. The van der Waals surface area contributed by atoms with Crippen LogP contribution in [0.2, 0.25) is 0 Å². The summed E-state index contributed by atoms with van der Waals surface area (Å²) in [5.74, 6) is 0.929. The number of rotatable bonds is 10. The summed E-state index contributed by atoms with van der Waals surface area (Å²) in [5.41, 5.74) is -1.77. The lowest BCUT2D eigenvalue weighted by Crippen LogP contribution is -2.52. The first-order valence-electron chi connectivity index (χ1n) is 14.9. The maximum atomic E-state index is 12.9. The molecule has 1 saturated heterocycles. The van der Waals surface area contributed by atoms with E-state index in [9.17, 15) is 10.2 Å². The van der Waals surface area contributed by atoms with Gasteiger partial charge in [0, 0.05) is 26.4 Å². The highest BCUT2D eigenvalue weighted by Gasteiger charge is 2.77. The van der Waals surface area contributed by atoms with Crippen LogP contribution in [0.5, 0.6) is 23.0 Å². The zero-order valence-corrected chi connectivity index (χ0v) is 25.6. The highest BCUT2D eigenvalue weighted by atomic mass is 16.8. The van der Waals surface area contributed by atoms with Gasteiger partial charge in [-0.2, -0.15) is 0 Å². The minimum atomic E-state index is -1.99. The first kappa shape index (κ1) is 30.6. The molecule has 0 radical (unpaired) electrons. The van der Waals surface area contributed by atoms with Crippen LogP contribution in [0.25, 0.3) is 0 Å². The molecule has 0 spiro atoms. The molecular weight excluding hydrogens is 568 g/mol. The van der Waals surface area contributed by atoms with Crippen LogP contribution < -0.4 is 18.9 Å². The summed E-state index contributed by atoms with van der Waals surface area (Å²) in [6, 6.07) is 20.2. The van der Waals surface area contributed by atoms with Crippen LogP contribution in [0.15, 0.2) is 66.7 Å². The molecule has 1 saturated carbocycles. The van der Waals surface area contributed by atoms with E-state index in [0.717, 1.165) is 18.4 Å². The summed E-state index contributed by atoms with van der Waals surface area (Å²) >= 11 is 0. The molecule has 1 aliphatic carbocycles. The lowest BCUT2D eigenvalue weighted by Gasteiger charge is -2.40. The van der Waals surface area contributed by atoms with Crippen molar-refractivity contribution in [1.82, 2.24) is 0 Å². The van der Waals surface area contributed by atoms with Gasteiger partial charge in [-0.25, -0.2) is 0 Å². The Hall–Kier alpha value is -3.38. The van der Waals surface area contributed by atoms with Crippen LogP contribution in [-0.4, -0.2) is 76.2 Å². The summed E-state index contributed by atoms with van der Waals surface area (Å²) in [5, 5.41) is 24.9. The van der Waals surface area contributed by atoms with Crippen LogP contribution in [0.1, 0.15) is 42.4 Å². The molecule has 0 aromatic heterocycles. The van der Waals surface area contributed by atoms with Crippen LogP contribution in [0.4, 0.5) is 0 Å². The van der Waals surface area contributed by atoms with E-state index in [-0.39, 0.29) is 11.9 Å². The smallest absolute Gasteiger partial charge is 0.251 e. The molecule has 0 amide bonds. The highest BCUT2D eigenvalue weighted by molar-refractivity contribution is 5.63. The van der Waals surface area contributed by atoms with E-state index in [0.29, 0.717) is 35.0 Å². The number of hydrogen-bond donors (Lipinski definition) is 2. The van der Waals surface area contributed by atoms with E-state index in [1.165, 1.54) is 21.3 Å². The van der Waals surface area contributed by atoms with Gasteiger partial charge in [-0.15, -0.1) is 0 Å². The number of aliphatic hydroxyl groups is 2. The van der Waals surface area contributed by atoms with Crippen LogP contribution in [0.3, 0.4) is 0 Å². The van der Waals surface area contributed by atoms with Gasteiger partial charge in [0.2, 0.25) is 6.29 Å². The molecule has 2 aliphatic heterocycles. The van der Waals surface area contributed by atoms with Gasteiger partial charge >= 0.3 is 0 Å². The summed E-state index contributed by atoms with van der Waals surface area (Å²) in [4.78, 5) is 0. The SMILES string of the molecule is CCC[C@H]1CO[C@@H](OC)[C@H](Oc2cc(OC)c3c(c2)O[C@@]2(c4ccc(OC)cc4)[C@H](c4ccccc4)[C@@H](OC)[C@@H](O)[C@@]32O)O1. The van der Waals surface area contributed by atoms with E-state index in [1.807, 2.05) is 42.5 Å². The van der Waals surface area contributed by atoms with Crippen molar-refractivity contribution < 1.29 is 48.1 Å². The Morgan fingerprint density at radius 3 is 2.27 bits per heavy atom. The van der Waals surface area contributed by atoms with E-state index in [4.69, 9.17) is 37.9 Å². The molecule has 3 aromatic carbocycles. The molecule has 10 heteroatoms. The fourth-order valence-corrected chi connectivity index (χ4v) is 7.10. The van der Waals surface area contributed by atoms with Crippen molar-refractivity contribution in [3.63, 3.8) is 0 Å². The number of ether oxygens (including phenoxy) is 8. The number of hydrogen-bond acceptors (Lipinski definition) is 10. The molecule has 10 nitrogen and oxygen atoms in total. The van der Waals surface area contributed by atoms with Crippen molar-refractivity contribution in [2.24, 2.45) is 0 Å². The predicted octanol–water partition coefficient (Wildman–Crippen LogP) is 4.25. The molecule has 6 rings (SSSR count). The second kappa shape index (κ2) is 12.2. The molecule has 236 valence electrons. The van der Waals surface area contributed by atoms with Gasteiger partial charge in [0.1, 0.15) is 29.1 Å². The van der Waals surface area contributed by atoms with Crippen molar-refractivity contribution in [3.05, 3.63) is 83.4 Å². The van der Waals surface area contributed by atoms with E-state index in [1.54, 1.807) is 31.4 Å². The molecule has 3 aromatic rings. The van der Waals surface area contributed by atoms with Gasteiger partial charge in [-0.3, -0.25) is 0 Å². The zero-order chi connectivity index (χ0) is 31.1. The Kier molecular flexibility index (Phi) is 8.49. The topological polar surface area (TPSA) is 114 Å². The molecular formula is C34H40O10. The van der Waals surface area contributed by atoms with Gasteiger partial charge in [0.15, 0.2) is 11.2 Å².